The minimum absolute atomic E-state index is 0.561. The third-order valence-electron chi connectivity index (χ3n) is 8.22. The number of fused-ring (bicyclic) bond motifs is 10. The van der Waals surface area contributed by atoms with Crippen LogP contribution in [0.5, 0.6) is 23.0 Å². The second kappa shape index (κ2) is 9.41. The van der Waals surface area contributed by atoms with E-state index in [1.807, 2.05) is 97.1 Å². The zero-order valence-corrected chi connectivity index (χ0v) is 23.9. The number of hydrogen-bond acceptors (Lipinski definition) is 10. The summed E-state index contributed by atoms with van der Waals surface area (Å²) < 4.78 is 12.8. The van der Waals surface area contributed by atoms with Gasteiger partial charge in [-0.05, 0) is 48.5 Å². The standard InChI is InChI=1S/C36H20N8O2/c1-5-13-25-21(9-1)43(22-10-2-6-14-26(22)45-25)35-36(44-23-11-3-7-15-27(23)46-28-16-8-4-12-24(28)44)42-34-32-30(38-18-20-40-32)29-31(33(34)41-35)39-19-17-37-29/h1-20H. The van der Waals surface area contributed by atoms with Gasteiger partial charge in [0.15, 0.2) is 34.6 Å². The fourth-order valence-electron chi connectivity index (χ4n) is 6.28. The van der Waals surface area contributed by atoms with E-state index in [4.69, 9.17) is 29.4 Å². The topological polar surface area (TPSA) is 102 Å². The van der Waals surface area contributed by atoms with Gasteiger partial charge in [-0.3, -0.25) is 29.7 Å². The van der Waals surface area contributed by atoms with E-state index < -0.39 is 0 Å². The largest absolute Gasteiger partial charge is 0.453 e. The highest BCUT2D eigenvalue weighted by atomic mass is 16.5. The Balaban J connectivity index is 1.39. The molecule has 2 aliphatic heterocycles. The zero-order chi connectivity index (χ0) is 30.2. The van der Waals surface area contributed by atoms with Gasteiger partial charge in [0.2, 0.25) is 0 Å². The number of ether oxygens (including phenoxy) is 2. The lowest BCUT2D eigenvalue weighted by molar-refractivity contribution is 0.475. The summed E-state index contributed by atoms with van der Waals surface area (Å²) in [5, 5.41) is 0. The van der Waals surface area contributed by atoms with E-state index in [-0.39, 0.29) is 0 Å². The van der Waals surface area contributed by atoms with E-state index in [0.29, 0.717) is 67.7 Å². The summed E-state index contributed by atoms with van der Waals surface area (Å²) in [6, 6.07) is 31.7. The van der Waals surface area contributed by atoms with Gasteiger partial charge in [-0.1, -0.05) is 48.5 Å². The quantitative estimate of drug-likeness (QED) is 0.180. The zero-order valence-electron chi connectivity index (χ0n) is 23.9. The lowest BCUT2D eigenvalue weighted by Crippen LogP contribution is -2.23. The second-order valence-corrected chi connectivity index (χ2v) is 10.8. The molecule has 5 aromatic carbocycles. The molecule has 10 heteroatoms. The Morgan fingerprint density at radius 1 is 0.348 bits per heavy atom. The minimum atomic E-state index is 0.561. The molecule has 0 unspecified atom stereocenters. The van der Waals surface area contributed by atoms with Gasteiger partial charge in [0.1, 0.15) is 33.1 Å². The van der Waals surface area contributed by atoms with Crippen molar-refractivity contribution < 1.29 is 9.47 Å². The predicted molar refractivity (Wildman–Crippen MR) is 175 cm³/mol. The van der Waals surface area contributed by atoms with Crippen LogP contribution in [-0.2, 0) is 0 Å². The van der Waals surface area contributed by atoms with Crippen LogP contribution in [0.15, 0.2) is 122 Å². The first-order valence-corrected chi connectivity index (χ1v) is 14.7. The summed E-state index contributed by atoms with van der Waals surface area (Å²) in [6.45, 7) is 0. The fourth-order valence-corrected chi connectivity index (χ4v) is 6.28. The molecule has 0 atom stereocenters. The predicted octanol–water partition coefficient (Wildman–Crippen LogP) is 8.67. The van der Waals surface area contributed by atoms with Crippen molar-refractivity contribution in [3.8, 4) is 23.0 Å². The number of nitrogens with zero attached hydrogens (tertiary/aromatic N) is 8. The Bertz CT molecular complexity index is 2270. The molecule has 216 valence electrons. The van der Waals surface area contributed by atoms with E-state index >= 15 is 0 Å². The van der Waals surface area contributed by atoms with Crippen molar-refractivity contribution in [3.63, 3.8) is 0 Å². The normalized spacial score (nSPS) is 13.0. The minimum Gasteiger partial charge on any atom is -0.453 e. The smallest absolute Gasteiger partial charge is 0.182 e. The number of hydrogen-bond donors (Lipinski definition) is 0. The number of aromatic nitrogens is 6. The number of anilines is 6. The van der Waals surface area contributed by atoms with Crippen LogP contribution in [-0.4, -0.2) is 29.9 Å². The number of benzene rings is 5. The SMILES string of the molecule is c1ccc2c(c1)Oc1ccccc1N2c1nc2c3nccnc3c3nccnc3c2nc1N1c2ccccc2Oc2ccccc21. The van der Waals surface area contributed by atoms with Crippen LogP contribution in [0.3, 0.4) is 0 Å². The molecular weight excluding hydrogens is 576 g/mol. The van der Waals surface area contributed by atoms with E-state index in [1.54, 1.807) is 24.8 Å². The van der Waals surface area contributed by atoms with Gasteiger partial charge >= 0.3 is 0 Å². The first kappa shape index (κ1) is 24.7. The molecular formula is C36H20N8O2. The van der Waals surface area contributed by atoms with Gasteiger partial charge < -0.3 is 9.47 Å². The van der Waals surface area contributed by atoms with E-state index in [2.05, 4.69) is 19.8 Å². The van der Waals surface area contributed by atoms with Crippen molar-refractivity contribution in [2.45, 2.75) is 0 Å². The maximum Gasteiger partial charge on any atom is 0.182 e. The van der Waals surface area contributed by atoms with Crippen LogP contribution in [0.1, 0.15) is 0 Å². The molecule has 0 fully saturated rings. The monoisotopic (exact) mass is 596 g/mol. The van der Waals surface area contributed by atoms with E-state index in [0.717, 1.165) is 22.7 Å². The molecule has 10 rings (SSSR count). The molecule has 8 aromatic rings. The van der Waals surface area contributed by atoms with Crippen LogP contribution >= 0.6 is 0 Å². The van der Waals surface area contributed by atoms with Crippen molar-refractivity contribution in [1.29, 1.82) is 0 Å². The average molecular weight is 597 g/mol. The van der Waals surface area contributed by atoms with Crippen molar-refractivity contribution in [1.82, 2.24) is 29.9 Å². The first-order valence-electron chi connectivity index (χ1n) is 14.7. The fraction of sp³-hybridized carbons (Fsp3) is 0. The molecule has 0 saturated heterocycles. The van der Waals surface area contributed by atoms with Crippen molar-refractivity contribution >= 4 is 67.5 Å². The van der Waals surface area contributed by atoms with Crippen LogP contribution in [0.25, 0.3) is 33.1 Å². The van der Waals surface area contributed by atoms with Gasteiger partial charge in [0.05, 0.1) is 22.7 Å². The average Bonchev–Trinajstić information content (AvgIpc) is 3.12. The van der Waals surface area contributed by atoms with Crippen LogP contribution in [0.2, 0.25) is 0 Å². The Kier molecular flexibility index (Phi) is 5.06. The molecule has 0 bridgehead atoms. The van der Waals surface area contributed by atoms with E-state index in [9.17, 15) is 0 Å². The van der Waals surface area contributed by atoms with E-state index in [1.165, 1.54) is 0 Å². The van der Waals surface area contributed by atoms with Gasteiger partial charge in [0.25, 0.3) is 0 Å². The van der Waals surface area contributed by atoms with Gasteiger partial charge in [-0.25, -0.2) is 9.97 Å². The number of rotatable bonds is 2. The van der Waals surface area contributed by atoms with Crippen LogP contribution in [0.4, 0.5) is 34.4 Å². The molecule has 0 radical (unpaired) electrons. The third-order valence-corrected chi connectivity index (χ3v) is 8.22. The molecule has 0 N–H and O–H groups in total. The Hall–Kier alpha value is -6.68. The second-order valence-electron chi connectivity index (χ2n) is 10.8. The molecule has 0 saturated carbocycles. The van der Waals surface area contributed by atoms with Gasteiger partial charge in [0, 0.05) is 24.8 Å². The highest BCUT2D eigenvalue weighted by Gasteiger charge is 2.35. The third kappa shape index (κ3) is 3.46. The lowest BCUT2D eigenvalue weighted by atomic mass is 10.1. The van der Waals surface area contributed by atoms with Crippen molar-refractivity contribution in [2.75, 3.05) is 9.80 Å². The lowest BCUT2D eigenvalue weighted by Gasteiger charge is -2.37. The molecule has 5 heterocycles. The summed E-state index contributed by atoms with van der Waals surface area (Å²) in [5.41, 5.74) is 6.79. The molecule has 0 aliphatic carbocycles. The summed E-state index contributed by atoms with van der Waals surface area (Å²) >= 11 is 0. The van der Waals surface area contributed by atoms with Crippen LogP contribution < -0.4 is 19.3 Å². The summed E-state index contributed by atoms with van der Waals surface area (Å²) in [5.74, 6) is 3.93. The molecule has 2 aliphatic rings. The number of para-hydroxylation sites is 8. The first-order chi connectivity index (χ1) is 22.8. The molecule has 0 amide bonds. The molecule has 10 nitrogen and oxygen atoms in total. The van der Waals surface area contributed by atoms with Crippen LogP contribution in [0, 0.1) is 0 Å². The maximum atomic E-state index is 6.38. The summed E-state index contributed by atoms with van der Waals surface area (Å²) in [7, 11) is 0. The van der Waals surface area contributed by atoms with Gasteiger partial charge in [-0.15, -0.1) is 0 Å². The van der Waals surface area contributed by atoms with Crippen molar-refractivity contribution in [2.24, 2.45) is 0 Å². The highest BCUT2D eigenvalue weighted by Crippen LogP contribution is 2.56. The molecule has 46 heavy (non-hydrogen) atoms. The molecule has 3 aromatic heterocycles. The molecule has 0 spiro atoms. The summed E-state index contributed by atoms with van der Waals surface area (Å²) in [4.78, 5) is 33.9. The van der Waals surface area contributed by atoms with Crippen molar-refractivity contribution in [3.05, 3.63) is 122 Å². The summed E-state index contributed by atoms with van der Waals surface area (Å²) in [6.07, 6.45) is 6.63. The Morgan fingerprint density at radius 2 is 0.630 bits per heavy atom. The van der Waals surface area contributed by atoms with Gasteiger partial charge in [-0.2, -0.15) is 0 Å². The maximum absolute atomic E-state index is 6.38. The Morgan fingerprint density at radius 3 is 0.957 bits per heavy atom. The highest BCUT2D eigenvalue weighted by molar-refractivity contribution is 6.18. The Labute approximate surface area is 261 Å².